The van der Waals surface area contributed by atoms with E-state index in [1.165, 1.54) is 11.8 Å². The molecule has 0 unspecified atom stereocenters. The molecule has 5 nitrogen and oxygen atoms in total. The van der Waals surface area contributed by atoms with Crippen LogP contribution < -0.4 is 17.4 Å². The van der Waals surface area contributed by atoms with Gasteiger partial charge in [-0.15, -0.1) is 0 Å². The molecule has 0 aliphatic rings. The van der Waals surface area contributed by atoms with E-state index < -0.39 is 0 Å². The topological polar surface area (TPSA) is 72.5 Å². The number of oxime groups is 1. The van der Waals surface area contributed by atoms with Gasteiger partial charge in [0.05, 0.1) is 18.1 Å². The minimum absolute atomic E-state index is 0. The molecule has 0 aliphatic carbocycles. The van der Waals surface area contributed by atoms with Gasteiger partial charge in [0.1, 0.15) is 5.69 Å². The number of nitrogens with zero attached hydrogens (tertiary/aromatic N) is 3. The largest absolute Gasteiger partial charge is 1.00 e. The number of aromatic nitrogens is 3. The zero-order valence-electron chi connectivity index (χ0n) is 9.62. The Morgan fingerprint density at radius 3 is 2.78 bits per heavy atom. The lowest BCUT2D eigenvalue weighted by Crippen LogP contribution is -3.00. The third-order valence-electron chi connectivity index (χ3n) is 2.36. The molecule has 2 rings (SSSR count). The summed E-state index contributed by atoms with van der Waals surface area (Å²) >= 11 is 0. The highest BCUT2D eigenvalue weighted by Gasteiger charge is 1.99. The fourth-order valence-corrected chi connectivity index (χ4v) is 1.48. The van der Waals surface area contributed by atoms with Crippen molar-refractivity contribution < 1.29 is 22.6 Å². The lowest BCUT2D eigenvalue weighted by atomic mass is 10.1. The van der Waals surface area contributed by atoms with Crippen LogP contribution in [0, 0.1) is 0 Å². The van der Waals surface area contributed by atoms with Gasteiger partial charge in [0.2, 0.25) is 0 Å². The summed E-state index contributed by atoms with van der Waals surface area (Å²) in [5.74, 6) is 0. The summed E-state index contributed by atoms with van der Waals surface area (Å²) in [5.41, 5.74) is 2.70. The molecular formula is C12H13ClN4O. The summed E-state index contributed by atoms with van der Waals surface area (Å²) in [5, 5.41) is 11.2. The molecule has 0 saturated carbocycles. The van der Waals surface area contributed by atoms with Crippen LogP contribution in [-0.2, 0) is 12.8 Å². The summed E-state index contributed by atoms with van der Waals surface area (Å²) in [6.07, 6.45) is 10.1. The predicted octanol–water partition coefficient (Wildman–Crippen LogP) is -2.11. The molecule has 0 amide bonds. The number of aryl methyl sites for hydroxylation is 2. The molecule has 94 valence electrons. The summed E-state index contributed by atoms with van der Waals surface area (Å²) < 4.78 is 0. The highest BCUT2D eigenvalue weighted by atomic mass is 35.5. The van der Waals surface area contributed by atoms with Gasteiger partial charge in [0, 0.05) is 17.8 Å². The Morgan fingerprint density at radius 2 is 2.17 bits per heavy atom. The van der Waals surface area contributed by atoms with Crippen molar-refractivity contribution in [1.82, 2.24) is 9.97 Å². The van der Waals surface area contributed by atoms with Gasteiger partial charge in [-0.3, -0.25) is 9.97 Å². The van der Waals surface area contributed by atoms with Crippen molar-refractivity contribution in [3.8, 4) is 0 Å². The molecule has 0 spiro atoms. The van der Waals surface area contributed by atoms with Crippen molar-refractivity contribution in [2.45, 2.75) is 12.8 Å². The average molecular weight is 265 g/mol. The maximum absolute atomic E-state index is 8.34. The smallest absolute Gasteiger partial charge is 0.170 e. The van der Waals surface area contributed by atoms with Gasteiger partial charge in [0.25, 0.3) is 0 Å². The van der Waals surface area contributed by atoms with Crippen LogP contribution in [0.2, 0.25) is 0 Å². The zero-order chi connectivity index (χ0) is 11.9. The lowest BCUT2D eigenvalue weighted by molar-refractivity contribution is -0.378. The molecule has 0 fully saturated rings. The first-order valence-electron chi connectivity index (χ1n) is 5.32. The minimum atomic E-state index is 0. The SMILES string of the molecule is O/N=C/c1cnc(CCc2ccc[nH+]c2)cn1.[Cl-]. The van der Waals surface area contributed by atoms with E-state index in [1.807, 2.05) is 18.5 Å². The van der Waals surface area contributed by atoms with Gasteiger partial charge in [-0.05, 0) is 18.9 Å². The van der Waals surface area contributed by atoms with Crippen molar-refractivity contribution in [2.75, 3.05) is 0 Å². The number of hydrogen-bond acceptors (Lipinski definition) is 4. The quantitative estimate of drug-likeness (QED) is 0.390. The summed E-state index contributed by atoms with van der Waals surface area (Å²) in [6.45, 7) is 0. The normalized spacial score (nSPS) is 10.2. The van der Waals surface area contributed by atoms with Crippen LogP contribution in [0.4, 0.5) is 0 Å². The highest BCUT2D eigenvalue weighted by Crippen LogP contribution is 2.02. The van der Waals surface area contributed by atoms with E-state index in [1.54, 1.807) is 12.4 Å². The number of pyridine rings is 1. The minimum Gasteiger partial charge on any atom is -1.00 e. The van der Waals surface area contributed by atoms with Crippen molar-refractivity contribution in [3.05, 3.63) is 53.9 Å². The van der Waals surface area contributed by atoms with E-state index in [4.69, 9.17) is 5.21 Å². The molecule has 0 bridgehead atoms. The van der Waals surface area contributed by atoms with Gasteiger partial charge in [-0.2, -0.15) is 0 Å². The molecule has 0 saturated heterocycles. The Kier molecular flexibility index (Phi) is 5.73. The second-order valence-corrected chi connectivity index (χ2v) is 3.59. The van der Waals surface area contributed by atoms with Crippen LogP contribution in [0.1, 0.15) is 17.0 Å². The zero-order valence-corrected chi connectivity index (χ0v) is 10.4. The van der Waals surface area contributed by atoms with Crippen LogP contribution in [0.3, 0.4) is 0 Å². The van der Waals surface area contributed by atoms with Crippen LogP contribution in [0.5, 0.6) is 0 Å². The van der Waals surface area contributed by atoms with Gasteiger partial charge in [-0.1, -0.05) is 5.16 Å². The molecule has 6 heteroatoms. The van der Waals surface area contributed by atoms with E-state index in [0.29, 0.717) is 5.69 Å². The molecule has 0 aliphatic heterocycles. The maximum atomic E-state index is 8.34. The summed E-state index contributed by atoms with van der Waals surface area (Å²) in [7, 11) is 0. The number of halogens is 1. The third kappa shape index (κ3) is 4.10. The lowest BCUT2D eigenvalue weighted by Gasteiger charge is -1.99. The van der Waals surface area contributed by atoms with E-state index in [9.17, 15) is 0 Å². The van der Waals surface area contributed by atoms with E-state index in [-0.39, 0.29) is 12.4 Å². The molecular weight excluding hydrogens is 252 g/mol. The molecule has 18 heavy (non-hydrogen) atoms. The second-order valence-electron chi connectivity index (χ2n) is 3.59. The Bertz CT molecular complexity index is 487. The van der Waals surface area contributed by atoms with Crippen molar-refractivity contribution in [2.24, 2.45) is 5.16 Å². The number of rotatable bonds is 4. The second kappa shape index (κ2) is 7.34. The Balaban J connectivity index is 0.00000162. The molecule has 0 aromatic carbocycles. The number of hydrogen-bond donors (Lipinski definition) is 1. The number of nitrogens with one attached hydrogen (secondary N) is 1. The molecule has 2 heterocycles. The van der Waals surface area contributed by atoms with Crippen molar-refractivity contribution in [3.63, 3.8) is 0 Å². The van der Waals surface area contributed by atoms with Crippen LogP contribution in [0.25, 0.3) is 0 Å². The Labute approximate surface area is 111 Å². The van der Waals surface area contributed by atoms with Crippen LogP contribution in [0.15, 0.2) is 42.1 Å². The first-order valence-corrected chi connectivity index (χ1v) is 5.32. The molecule has 2 aromatic heterocycles. The summed E-state index contributed by atoms with van der Waals surface area (Å²) in [6, 6.07) is 4.04. The maximum Gasteiger partial charge on any atom is 0.170 e. The Hall–Kier alpha value is -2.01. The number of aromatic amines is 1. The Morgan fingerprint density at radius 1 is 1.28 bits per heavy atom. The molecule has 2 N–H and O–H groups in total. The van der Waals surface area contributed by atoms with Crippen LogP contribution >= 0.6 is 0 Å². The third-order valence-corrected chi connectivity index (χ3v) is 2.36. The van der Waals surface area contributed by atoms with Crippen molar-refractivity contribution in [1.29, 1.82) is 0 Å². The van der Waals surface area contributed by atoms with Gasteiger partial charge in [-0.25, -0.2) is 4.98 Å². The average Bonchev–Trinajstić information content (AvgIpc) is 2.40. The van der Waals surface area contributed by atoms with Gasteiger partial charge < -0.3 is 17.6 Å². The first kappa shape index (κ1) is 14.1. The predicted molar refractivity (Wildman–Crippen MR) is 61.8 cm³/mol. The number of H-pyrrole nitrogens is 1. The summed E-state index contributed by atoms with van der Waals surface area (Å²) in [4.78, 5) is 11.4. The molecule has 2 aromatic rings. The van der Waals surface area contributed by atoms with Gasteiger partial charge in [0.15, 0.2) is 12.4 Å². The monoisotopic (exact) mass is 264 g/mol. The van der Waals surface area contributed by atoms with Crippen molar-refractivity contribution >= 4 is 6.21 Å². The highest BCUT2D eigenvalue weighted by molar-refractivity contribution is 5.75. The van der Waals surface area contributed by atoms with E-state index in [2.05, 4.69) is 26.2 Å². The van der Waals surface area contributed by atoms with E-state index >= 15 is 0 Å². The molecule has 0 radical (unpaired) electrons. The fourth-order valence-electron chi connectivity index (χ4n) is 1.48. The van der Waals surface area contributed by atoms with Gasteiger partial charge >= 0.3 is 0 Å². The van der Waals surface area contributed by atoms with Crippen LogP contribution in [-0.4, -0.2) is 21.4 Å². The standard InChI is InChI=1S/C12H12N4O.ClH/c17-16-9-12-8-14-11(7-15-12)4-3-10-2-1-5-13-6-10;/h1-2,5-9,17H,3-4H2;1H/b16-9+;. The first-order chi connectivity index (χ1) is 8.38. The fraction of sp³-hybridized carbons (Fsp3) is 0.167. The van der Waals surface area contributed by atoms with E-state index in [0.717, 1.165) is 18.5 Å². The molecule has 0 atom stereocenters.